The van der Waals surface area contributed by atoms with Gasteiger partial charge in [-0.25, -0.2) is 4.79 Å². The van der Waals surface area contributed by atoms with Gasteiger partial charge >= 0.3 is 5.97 Å². The van der Waals surface area contributed by atoms with Crippen LogP contribution in [0.1, 0.15) is 69.1 Å². The number of hydrogen-bond donors (Lipinski definition) is 10. The Morgan fingerprint density at radius 2 is 0.785 bits per heavy atom. The molecule has 0 aliphatic rings. The molecule has 3 aromatic rings. The van der Waals surface area contributed by atoms with Crippen LogP contribution < -0.4 is 42.1 Å². The molecule has 0 spiro atoms. The van der Waals surface area contributed by atoms with Crippen LogP contribution in [0.25, 0.3) is 0 Å². The lowest BCUT2D eigenvalue weighted by Crippen LogP contribution is -2.37. The van der Waals surface area contributed by atoms with Crippen molar-refractivity contribution in [1.29, 1.82) is 0 Å². The van der Waals surface area contributed by atoms with E-state index in [0.717, 1.165) is 0 Å². The Balaban J connectivity index is 2.01. The molecule has 65 heavy (non-hydrogen) atoms. The summed E-state index contributed by atoms with van der Waals surface area (Å²) in [7, 11) is 2.91. The number of amides is 8. The van der Waals surface area contributed by atoms with Gasteiger partial charge in [-0.3, -0.25) is 38.4 Å². The molecule has 0 unspecified atom stereocenters. The van der Waals surface area contributed by atoms with Crippen molar-refractivity contribution in [3.05, 3.63) is 65.5 Å². The Hall–Kier alpha value is -0.620. The SMILES string of the molecule is CNC(=O)c1c(I)c(C(=O)NCC(=O)Nc2c(I)c(C(=O)NCCO)c(I)c(C(=O)NCC(=O)Nc3c(I)c(C(=O)O)c(I)c(C(=O)NCCO)c3I)c2I)c(I)c(N(C)C(C)=O)c1I. The van der Waals surface area contributed by atoms with Crippen molar-refractivity contribution in [3.8, 4) is 0 Å². The number of benzene rings is 3. The molecule has 350 valence electrons. The molecule has 10 N–H and O–H groups in total. The zero-order valence-electron chi connectivity index (χ0n) is 33.1. The number of carboxylic acids is 1. The van der Waals surface area contributed by atoms with E-state index >= 15 is 0 Å². The Kier molecular flexibility index (Phi) is 24.0. The number of anilines is 3. The number of carbonyl (C=O) groups excluding carboxylic acids is 8. The zero-order valence-corrected chi connectivity index (χ0v) is 52.5. The van der Waals surface area contributed by atoms with Gasteiger partial charge in [0, 0.05) is 44.8 Å². The highest BCUT2D eigenvalue weighted by molar-refractivity contribution is 14.1. The van der Waals surface area contributed by atoms with Crippen molar-refractivity contribution < 1.29 is 58.5 Å². The van der Waals surface area contributed by atoms with E-state index < -0.39 is 67.0 Å². The molecule has 8 amide bonds. The van der Waals surface area contributed by atoms with E-state index in [1.54, 1.807) is 113 Å². The van der Waals surface area contributed by atoms with E-state index in [1.165, 1.54) is 25.9 Å². The molecule has 0 saturated heterocycles. The van der Waals surface area contributed by atoms with Gasteiger partial charge in [0.25, 0.3) is 29.5 Å². The molecular weight excluding hydrogens is 1880 g/mol. The predicted octanol–water partition coefficient (Wildman–Crippen LogP) is 4.35. The maximum Gasteiger partial charge on any atom is 0.337 e. The lowest BCUT2D eigenvalue weighted by molar-refractivity contribution is -0.116. The first-order valence-electron chi connectivity index (χ1n) is 17.7. The normalized spacial score (nSPS) is 10.7. The molecule has 0 radical (unpaired) electrons. The second kappa shape index (κ2) is 26.6. The molecule has 20 nitrogen and oxygen atoms in total. The van der Waals surface area contributed by atoms with E-state index in [0.29, 0.717) is 12.8 Å². The summed E-state index contributed by atoms with van der Waals surface area (Å²) in [5.74, 6) is -6.89. The summed E-state index contributed by atoms with van der Waals surface area (Å²) in [6.07, 6.45) is 0. The molecule has 3 aromatic carbocycles. The third-order valence-corrected chi connectivity index (χ3v) is 18.1. The molecule has 0 aromatic heterocycles. The first-order valence-corrected chi connectivity index (χ1v) is 27.4. The predicted molar refractivity (Wildman–Crippen MR) is 314 cm³/mol. The molecule has 0 saturated carbocycles. The fraction of sp³-hybridized carbons (Fsp3) is 0.250. The van der Waals surface area contributed by atoms with Crippen molar-refractivity contribution in [3.63, 3.8) is 0 Å². The Labute approximate surface area is 492 Å². The number of nitrogens with zero attached hydrogens (tertiary/aromatic N) is 1. The molecule has 0 bridgehead atoms. The third kappa shape index (κ3) is 13.8. The minimum atomic E-state index is -1.37. The van der Waals surface area contributed by atoms with Gasteiger partial charge in [-0.15, -0.1) is 0 Å². The van der Waals surface area contributed by atoms with E-state index in [2.05, 4.69) is 37.2 Å². The standard InChI is InChI=1S/C36H31I9N8O12/c1-10(56)53(3)30-26(44)16(31(59)46-2)20(38)17(27(30)45)35(63)50-9-11(57)51-28-22(40)13(32(60)47-4-6-54)19(37)14(23(28)41)34(62)49-8-12(58)52-29-24(42)15(33(61)48-5-7-55)21(39)18(25(29)43)36(64)65/h54-55H,4-9H2,1-3H3,(H,46,59)(H,47,60)(H,48,61)(H,49,62)(H,50,63)(H,51,57)(H,52,58)(H,64,65). The largest absolute Gasteiger partial charge is 0.478 e. The van der Waals surface area contributed by atoms with Crippen LogP contribution in [0.5, 0.6) is 0 Å². The molecule has 0 aliphatic heterocycles. The van der Waals surface area contributed by atoms with Crippen molar-refractivity contribution in [2.75, 3.05) is 69.0 Å². The Morgan fingerprint density at radius 1 is 0.477 bits per heavy atom. The van der Waals surface area contributed by atoms with Crippen molar-refractivity contribution >= 4 is 274 Å². The van der Waals surface area contributed by atoms with Crippen molar-refractivity contribution in [2.45, 2.75) is 6.92 Å². The maximum atomic E-state index is 14.0. The Morgan fingerprint density at radius 3 is 1.11 bits per heavy atom. The summed E-state index contributed by atoms with van der Waals surface area (Å²) in [6.45, 7) is -1.06. The van der Waals surface area contributed by atoms with Crippen LogP contribution in [0, 0.1) is 32.1 Å². The Bertz CT molecular complexity index is 2550. The van der Waals surface area contributed by atoms with E-state index in [9.17, 15) is 58.5 Å². The number of aliphatic hydroxyl groups is 2. The lowest BCUT2D eigenvalue weighted by atomic mass is 10.1. The summed E-state index contributed by atoms with van der Waals surface area (Å²) >= 11 is 16.3. The second-order valence-electron chi connectivity index (χ2n) is 12.6. The van der Waals surface area contributed by atoms with Crippen LogP contribution in [0.2, 0.25) is 0 Å². The van der Waals surface area contributed by atoms with E-state index in [4.69, 9.17) is 0 Å². The van der Waals surface area contributed by atoms with Gasteiger partial charge in [-0.1, -0.05) is 0 Å². The summed E-state index contributed by atoms with van der Waals surface area (Å²) in [6, 6.07) is 0. The molecule has 29 heteroatoms. The smallest absolute Gasteiger partial charge is 0.337 e. The van der Waals surface area contributed by atoms with Gasteiger partial charge in [-0.05, 0) is 203 Å². The number of nitrogens with one attached hydrogen (secondary N) is 7. The number of carbonyl (C=O) groups is 9. The highest BCUT2D eigenvalue weighted by atomic mass is 127. The molecule has 0 aliphatic carbocycles. The van der Waals surface area contributed by atoms with Crippen LogP contribution in [0.4, 0.5) is 17.1 Å². The number of hydrogen-bond acceptors (Lipinski definition) is 11. The zero-order chi connectivity index (χ0) is 49.4. The van der Waals surface area contributed by atoms with Gasteiger partial charge in [0.15, 0.2) is 0 Å². The van der Waals surface area contributed by atoms with Crippen LogP contribution in [-0.4, -0.2) is 122 Å². The quantitative estimate of drug-likeness (QED) is 0.0845. The lowest BCUT2D eigenvalue weighted by Gasteiger charge is -2.24. The maximum absolute atomic E-state index is 14.0. The van der Waals surface area contributed by atoms with Crippen LogP contribution in [0.15, 0.2) is 0 Å². The molecular formula is C36H31I9N8O12. The summed E-state index contributed by atoms with van der Waals surface area (Å²) < 4.78 is 1.84. The van der Waals surface area contributed by atoms with Gasteiger partial charge in [-0.2, -0.15) is 0 Å². The first-order chi connectivity index (χ1) is 30.4. The first kappa shape index (κ1) is 58.7. The van der Waals surface area contributed by atoms with Crippen LogP contribution >= 0.6 is 203 Å². The van der Waals surface area contributed by atoms with Gasteiger partial charge in [0.1, 0.15) is 0 Å². The summed E-state index contributed by atoms with van der Waals surface area (Å²) in [4.78, 5) is 120. The number of aromatic carboxylic acids is 1. The fourth-order valence-corrected chi connectivity index (χ4v) is 19.0. The van der Waals surface area contributed by atoms with Crippen LogP contribution in [-0.2, 0) is 14.4 Å². The highest BCUT2D eigenvalue weighted by Crippen LogP contribution is 2.39. The summed E-state index contributed by atoms with van der Waals surface area (Å²) in [5.41, 5.74) is -0.0348. The van der Waals surface area contributed by atoms with Gasteiger partial charge < -0.3 is 57.4 Å². The van der Waals surface area contributed by atoms with Gasteiger partial charge in [0.2, 0.25) is 17.7 Å². The number of halogens is 9. The molecule has 0 heterocycles. The summed E-state index contributed by atoms with van der Waals surface area (Å²) in [5, 5.41) is 46.4. The minimum absolute atomic E-state index is 0.00323. The number of carboxylic acid groups (broad SMARTS) is 1. The topological polar surface area (TPSA) is 302 Å². The van der Waals surface area contributed by atoms with Gasteiger partial charge in [0.05, 0.1) is 98.2 Å². The fourth-order valence-electron chi connectivity index (χ4n) is 5.34. The minimum Gasteiger partial charge on any atom is -0.478 e. The number of rotatable bonds is 17. The number of aliphatic hydroxyl groups excluding tert-OH is 2. The molecule has 0 fully saturated rings. The third-order valence-electron chi connectivity index (χ3n) is 8.45. The van der Waals surface area contributed by atoms with Crippen LogP contribution in [0.3, 0.4) is 0 Å². The average molecular weight is 1910 g/mol. The van der Waals surface area contributed by atoms with E-state index in [-0.39, 0.29) is 95.4 Å². The monoisotopic (exact) mass is 1910 g/mol. The van der Waals surface area contributed by atoms with Crippen molar-refractivity contribution in [1.82, 2.24) is 26.6 Å². The average Bonchev–Trinajstić information content (AvgIpc) is 3.23. The highest BCUT2D eigenvalue weighted by Gasteiger charge is 2.33. The van der Waals surface area contributed by atoms with E-state index in [1.807, 2.05) is 90.4 Å². The second-order valence-corrected chi connectivity index (χ2v) is 22.3. The molecule has 3 rings (SSSR count). The molecule has 0 atom stereocenters. The van der Waals surface area contributed by atoms with Crippen molar-refractivity contribution in [2.24, 2.45) is 0 Å².